The van der Waals surface area contributed by atoms with Crippen LogP contribution in [0.4, 0.5) is 0 Å². The molecule has 0 spiro atoms. The number of pyridine rings is 1. The summed E-state index contributed by atoms with van der Waals surface area (Å²) in [7, 11) is 1.55. The molecular formula is C17H13N3O5. The Bertz CT molecular complexity index is 986. The molecule has 0 saturated carbocycles. The fourth-order valence-corrected chi connectivity index (χ4v) is 2.37. The molecule has 0 fully saturated rings. The van der Waals surface area contributed by atoms with Crippen molar-refractivity contribution in [2.75, 3.05) is 13.7 Å². The highest BCUT2D eigenvalue weighted by Gasteiger charge is 2.26. The average Bonchev–Trinajstić information content (AvgIpc) is 3.08. The number of esters is 1. The van der Waals surface area contributed by atoms with Gasteiger partial charge in [0.15, 0.2) is 17.1 Å². The van der Waals surface area contributed by atoms with E-state index in [1.54, 1.807) is 38.3 Å². The van der Waals surface area contributed by atoms with Crippen molar-refractivity contribution in [3.05, 3.63) is 35.7 Å². The Kier molecular flexibility index (Phi) is 4.22. The van der Waals surface area contributed by atoms with Gasteiger partial charge in [-0.1, -0.05) is 5.16 Å². The van der Waals surface area contributed by atoms with Crippen LogP contribution in [0.3, 0.4) is 0 Å². The normalized spacial score (nSPS) is 10.4. The lowest BCUT2D eigenvalue weighted by Gasteiger charge is -2.05. The monoisotopic (exact) mass is 339 g/mol. The van der Waals surface area contributed by atoms with Crippen molar-refractivity contribution in [3.63, 3.8) is 0 Å². The first-order chi connectivity index (χ1) is 12.1. The molecule has 8 nitrogen and oxygen atoms in total. The fraction of sp³-hybridized carbons (Fsp3) is 0.176. The van der Waals surface area contributed by atoms with Gasteiger partial charge in [0.05, 0.1) is 19.1 Å². The second-order valence-electron chi connectivity index (χ2n) is 4.95. The van der Waals surface area contributed by atoms with Gasteiger partial charge < -0.3 is 19.1 Å². The molecule has 126 valence electrons. The molecule has 1 N–H and O–H groups in total. The van der Waals surface area contributed by atoms with Crippen molar-refractivity contribution in [1.29, 1.82) is 5.26 Å². The highest BCUT2D eigenvalue weighted by molar-refractivity contribution is 6.03. The number of aromatic hydroxyl groups is 1. The molecule has 0 aliphatic heterocycles. The van der Waals surface area contributed by atoms with E-state index >= 15 is 0 Å². The van der Waals surface area contributed by atoms with Gasteiger partial charge in [-0.3, -0.25) is 0 Å². The maximum Gasteiger partial charge on any atom is 0.361 e. The van der Waals surface area contributed by atoms with Crippen LogP contribution in [0.15, 0.2) is 28.8 Å². The number of benzene rings is 1. The maximum atomic E-state index is 11.9. The molecule has 0 atom stereocenters. The number of rotatable bonds is 4. The molecule has 3 rings (SSSR count). The molecule has 25 heavy (non-hydrogen) atoms. The van der Waals surface area contributed by atoms with Gasteiger partial charge in [-0.15, -0.1) is 0 Å². The average molecular weight is 339 g/mol. The molecular weight excluding hydrogens is 326 g/mol. The van der Waals surface area contributed by atoms with E-state index in [0.717, 1.165) is 0 Å². The zero-order chi connectivity index (χ0) is 18.0. The van der Waals surface area contributed by atoms with Gasteiger partial charge >= 0.3 is 5.97 Å². The molecule has 0 radical (unpaired) electrons. The van der Waals surface area contributed by atoms with E-state index in [4.69, 9.17) is 14.0 Å². The Hall–Kier alpha value is -3.60. The molecule has 0 saturated heterocycles. The van der Waals surface area contributed by atoms with Crippen LogP contribution in [0, 0.1) is 11.3 Å². The summed E-state index contributed by atoms with van der Waals surface area (Å²) in [6.45, 7) is 1.72. The summed E-state index contributed by atoms with van der Waals surface area (Å²) in [4.78, 5) is 15.8. The van der Waals surface area contributed by atoms with Crippen molar-refractivity contribution in [2.24, 2.45) is 0 Å². The molecule has 2 heterocycles. The Labute approximate surface area is 142 Å². The largest absolute Gasteiger partial charge is 0.502 e. The Morgan fingerprint density at radius 3 is 2.68 bits per heavy atom. The molecule has 8 heteroatoms. The van der Waals surface area contributed by atoms with Crippen molar-refractivity contribution in [3.8, 4) is 28.8 Å². The molecule has 0 amide bonds. The smallest absolute Gasteiger partial charge is 0.361 e. The standard InChI is InChI=1S/C17H13N3O5/c1-3-24-17(22)14-15(21)16-12(11(8-18)19-14)13(20-25-16)9-4-6-10(23-2)7-5-9/h4-7,21H,3H2,1-2H3. The van der Waals surface area contributed by atoms with E-state index in [9.17, 15) is 15.2 Å². The molecule has 0 unspecified atom stereocenters. The Morgan fingerprint density at radius 2 is 2.08 bits per heavy atom. The molecule has 2 aromatic heterocycles. The number of ether oxygens (including phenoxy) is 2. The van der Waals surface area contributed by atoms with E-state index < -0.39 is 11.7 Å². The topological polar surface area (TPSA) is 118 Å². The van der Waals surface area contributed by atoms with E-state index in [-0.39, 0.29) is 29.0 Å². The van der Waals surface area contributed by atoms with Crippen LogP contribution in [-0.2, 0) is 4.74 Å². The van der Waals surface area contributed by atoms with Gasteiger partial charge in [0.2, 0.25) is 5.58 Å². The second kappa shape index (κ2) is 6.49. The number of methoxy groups -OCH3 is 1. The minimum atomic E-state index is -0.846. The van der Waals surface area contributed by atoms with Gasteiger partial charge in [0.1, 0.15) is 17.5 Å². The van der Waals surface area contributed by atoms with Gasteiger partial charge in [0.25, 0.3) is 0 Å². The van der Waals surface area contributed by atoms with E-state index in [1.807, 2.05) is 6.07 Å². The number of nitrogens with zero attached hydrogens (tertiary/aromatic N) is 3. The van der Waals surface area contributed by atoms with E-state index in [1.165, 1.54) is 0 Å². The zero-order valence-electron chi connectivity index (χ0n) is 13.4. The van der Waals surface area contributed by atoms with Crippen molar-refractivity contribution < 1.29 is 23.9 Å². The summed E-state index contributed by atoms with van der Waals surface area (Å²) in [6, 6.07) is 8.81. The minimum Gasteiger partial charge on any atom is -0.502 e. The fourth-order valence-electron chi connectivity index (χ4n) is 2.37. The van der Waals surface area contributed by atoms with E-state index in [0.29, 0.717) is 17.0 Å². The van der Waals surface area contributed by atoms with Crippen LogP contribution in [0.2, 0.25) is 0 Å². The third-order valence-electron chi connectivity index (χ3n) is 3.53. The Morgan fingerprint density at radius 1 is 1.36 bits per heavy atom. The summed E-state index contributed by atoms with van der Waals surface area (Å²) >= 11 is 0. The maximum absolute atomic E-state index is 11.9. The lowest BCUT2D eigenvalue weighted by Crippen LogP contribution is -2.08. The van der Waals surface area contributed by atoms with Crippen LogP contribution in [0.25, 0.3) is 22.2 Å². The number of hydrogen-bond donors (Lipinski definition) is 1. The molecule has 0 bridgehead atoms. The number of carbonyl (C=O) groups is 1. The first-order valence-corrected chi connectivity index (χ1v) is 7.34. The van der Waals surface area contributed by atoms with Crippen molar-refractivity contribution in [2.45, 2.75) is 6.92 Å². The highest BCUT2D eigenvalue weighted by Crippen LogP contribution is 2.36. The van der Waals surface area contributed by atoms with Gasteiger partial charge in [0, 0.05) is 5.56 Å². The van der Waals surface area contributed by atoms with Gasteiger partial charge in [-0.05, 0) is 31.2 Å². The number of aromatic nitrogens is 2. The summed E-state index contributed by atoms with van der Waals surface area (Å²) in [5, 5.41) is 23.8. The minimum absolute atomic E-state index is 0.0945. The molecule has 0 aliphatic rings. The van der Waals surface area contributed by atoms with Crippen LogP contribution in [0.1, 0.15) is 23.1 Å². The summed E-state index contributed by atoms with van der Waals surface area (Å²) in [5.74, 6) is -0.705. The van der Waals surface area contributed by atoms with Crippen molar-refractivity contribution in [1.82, 2.24) is 10.1 Å². The Balaban J connectivity index is 2.22. The predicted molar refractivity (Wildman–Crippen MR) is 86.1 cm³/mol. The summed E-state index contributed by atoms with van der Waals surface area (Å²) in [5.41, 5.74) is 0.389. The first kappa shape index (κ1) is 16.3. The quantitative estimate of drug-likeness (QED) is 0.721. The van der Waals surface area contributed by atoms with Gasteiger partial charge in [-0.25, -0.2) is 9.78 Å². The first-order valence-electron chi connectivity index (χ1n) is 7.34. The SMILES string of the molecule is CCOC(=O)c1nc(C#N)c2c(-c3ccc(OC)cc3)noc2c1O. The predicted octanol–water partition coefficient (Wildman–Crippen LogP) is 2.65. The summed E-state index contributed by atoms with van der Waals surface area (Å²) in [6.07, 6.45) is 0. The number of fused-ring (bicyclic) bond motifs is 1. The third kappa shape index (κ3) is 2.72. The summed E-state index contributed by atoms with van der Waals surface area (Å²) < 4.78 is 15.1. The van der Waals surface area contributed by atoms with Gasteiger partial charge in [-0.2, -0.15) is 5.26 Å². The third-order valence-corrected chi connectivity index (χ3v) is 3.53. The lowest BCUT2D eigenvalue weighted by atomic mass is 10.1. The second-order valence-corrected chi connectivity index (χ2v) is 4.95. The van der Waals surface area contributed by atoms with Crippen LogP contribution in [0.5, 0.6) is 11.5 Å². The number of carbonyl (C=O) groups excluding carboxylic acids is 1. The number of hydrogen-bond acceptors (Lipinski definition) is 8. The van der Waals surface area contributed by atoms with Crippen LogP contribution >= 0.6 is 0 Å². The zero-order valence-corrected chi connectivity index (χ0v) is 13.4. The molecule has 1 aromatic carbocycles. The molecule has 0 aliphatic carbocycles. The lowest BCUT2D eigenvalue weighted by molar-refractivity contribution is 0.0516. The van der Waals surface area contributed by atoms with Crippen LogP contribution in [-0.4, -0.2) is 34.9 Å². The van der Waals surface area contributed by atoms with E-state index in [2.05, 4.69) is 10.1 Å². The number of nitriles is 1. The molecule has 3 aromatic rings. The van der Waals surface area contributed by atoms with Crippen molar-refractivity contribution >= 4 is 16.9 Å². The van der Waals surface area contributed by atoms with Crippen LogP contribution < -0.4 is 4.74 Å². The highest BCUT2D eigenvalue weighted by atomic mass is 16.5.